The summed E-state index contributed by atoms with van der Waals surface area (Å²) in [5.41, 5.74) is 2.93. The summed E-state index contributed by atoms with van der Waals surface area (Å²) in [5.74, 6) is 1.46. The van der Waals surface area contributed by atoms with Crippen molar-refractivity contribution in [2.45, 2.75) is 52.0 Å². The Morgan fingerprint density at radius 3 is 2.96 bits per heavy atom. The van der Waals surface area contributed by atoms with E-state index >= 15 is 0 Å². The molecule has 6 nitrogen and oxygen atoms in total. The third-order valence-electron chi connectivity index (χ3n) is 5.49. The number of likely N-dealkylation sites (tertiary alicyclic amines) is 1. The van der Waals surface area contributed by atoms with Gasteiger partial charge >= 0.3 is 0 Å². The first kappa shape index (κ1) is 18.0. The Balaban J connectivity index is 1.42. The van der Waals surface area contributed by atoms with Crippen molar-refractivity contribution in [3.63, 3.8) is 0 Å². The summed E-state index contributed by atoms with van der Waals surface area (Å²) < 4.78 is 7.48. The first-order valence-electron chi connectivity index (χ1n) is 9.86. The van der Waals surface area contributed by atoms with Crippen molar-refractivity contribution >= 4 is 5.91 Å². The molecule has 2 aliphatic heterocycles. The number of hydrogen-bond donors (Lipinski definition) is 0. The molecule has 0 N–H and O–H groups in total. The Labute approximate surface area is 160 Å². The summed E-state index contributed by atoms with van der Waals surface area (Å²) in [6.07, 6.45) is 5.08. The molecule has 1 fully saturated rings. The minimum Gasteiger partial charge on any atom is -0.493 e. The molecule has 144 valence electrons. The second-order valence-corrected chi connectivity index (χ2v) is 8.76. The van der Waals surface area contributed by atoms with E-state index in [2.05, 4.69) is 31.1 Å². The quantitative estimate of drug-likeness (QED) is 0.835. The fraction of sp³-hybridized carbons (Fsp3) is 0.571. The number of ether oxygens (including phenoxy) is 1. The molecule has 1 aromatic carbocycles. The van der Waals surface area contributed by atoms with Crippen molar-refractivity contribution in [1.29, 1.82) is 0 Å². The summed E-state index contributed by atoms with van der Waals surface area (Å²) in [7, 11) is 0. The van der Waals surface area contributed by atoms with Crippen molar-refractivity contribution in [3.05, 3.63) is 41.2 Å². The topological polar surface area (TPSA) is 60.2 Å². The van der Waals surface area contributed by atoms with Gasteiger partial charge < -0.3 is 9.64 Å². The van der Waals surface area contributed by atoms with E-state index in [0.29, 0.717) is 12.5 Å². The fourth-order valence-corrected chi connectivity index (χ4v) is 3.90. The van der Waals surface area contributed by atoms with Crippen LogP contribution in [0.15, 0.2) is 24.4 Å². The molecule has 0 aliphatic carbocycles. The van der Waals surface area contributed by atoms with Crippen LogP contribution in [0, 0.1) is 5.92 Å². The highest BCUT2D eigenvalue weighted by Gasteiger charge is 2.26. The first-order valence-corrected chi connectivity index (χ1v) is 9.86. The van der Waals surface area contributed by atoms with Crippen LogP contribution in [0.4, 0.5) is 0 Å². The van der Waals surface area contributed by atoms with Crippen LogP contribution < -0.4 is 4.74 Å². The largest absolute Gasteiger partial charge is 0.493 e. The second-order valence-electron chi connectivity index (χ2n) is 8.76. The summed E-state index contributed by atoms with van der Waals surface area (Å²) in [4.78, 5) is 15.0. The van der Waals surface area contributed by atoms with Gasteiger partial charge in [0.05, 0.1) is 12.3 Å². The van der Waals surface area contributed by atoms with Crippen molar-refractivity contribution in [2.75, 3.05) is 19.7 Å². The highest BCUT2D eigenvalue weighted by molar-refractivity contribution is 5.94. The van der Waals surface area contributed by atoms with Crippen molar-refractivity contribution in [3.8, 4) is 5.75 Å². The highest BCUT2D eigenvalue weighted by Crippen LogP contribution is 2.27. The van der Waals surface area contributed by atoms with Gasteiger partial charge in [-0.2, -0.15) is 0 Å². The second kappa shape index (κ2) is 6.98. The molecule has 1 amide bonds. The number of carbonyl (C=O) groups is 1. The van der Waals surface area contributed by atoms with Crippen molar-refractivity contribution in [2.24, 2.45) is 5.92 Å². The van der Waals surface area contributed by atoms with Crippen LogP contribution in [0.25, 0.3) is 0 Å². The van der Waals surface area contributed by atoms with E-state index in [9.17, 15) is 4.79 Å². The van der Waals surface area contributed by atoms with Gasteiger partial charge in [0.1, 0.15) is 5.75 Å². The van der Waals surface area contributed by atoms with Crippen molar-refractivity contribution in [1.82, 2.24) is 19.9 Å². The number of carbonyl (C=O) groups excluding carboxylic acids is 1. The SMILES string of the molecule is CC(C)(C)c1cn(CC2CCCN(C(=O)c3ccc4c(c3)CCO4)C2)nn1. The number of aromatic nitrogens is 3. The van der Waals surface area contributed by atoms with Gasteiger partial charge in [-0.15, -0.1) is 5.10 Å². The lowest BCUT2D eigenvalue weighted by Crippen LogP contribution is -2.41. The molecule has 1 atom stereocenters. The number of fused-ring (bicyclic) bond motifs is 1. The molecule has 3 heterocycles. The van der Waals surface area contributed by atoms with Crippen LogP contribution in [0.3, 0.4) is 0 Å². The number of amides is 1. The Hall–Kier alpha value is -2.37. The number of rotatable bonds is 3. The van der Waals surface area contributed by atoms with E-state index in [1.54, 1.807) is 0 Å². The summed E-state index contributed by atoms with van der Waals surface area (Å²) in [5, 5.41) is 8.60. The van der Waals surface area contributed by atoms with Crippen LogP contribution >= 0.6 is 0 Å². The molecule has 2 aromatic rings. The van der Waals surface area contributed by atoms with E-state index in [4.69, 9.17) is 4.74 Å². The van der Waals surface area contributed by atoms with Gasteiger partial charge in [-0.05, 0) is 42.5 Å². The maximum absolute atomic E-state index is 13.0. The van der Waals surface area contributed by atoms with Crippen LogP contribution in [0.5, 0.6) is 5.75 Å². The minimum atomic E-state index is 0.00407. The lowest BCUT2D eigenvalue weighted by molar-refractivity contribution is 0.0659. The number of benzene rings is 1. The van der Waals surface area contributed by atoms with Gasteiger partial charge in [0, 0.05) is 43.2 Å². The van der Waals surface area contributed by atoms with Gasteiger partial charge in [-0.1, -0.05) is 26.0 Å². The molecule has 0 bridgehead atoms. The third-order valence-corrected chi connectivity index (χ3v) is 5.49. The molecule has 1 aromatic heterocycles. The molecule has 4 rings (SSSR count). The van der Waals surface area contributed by atoms with Crippen LogP contribution in [0.2, 0.25) is 0 Å². The number of piperidine rings is 1. The molecule has 0 radical (unpaired) electrons. The average molecular weight is 368 g/mol. The molecule has 0 spiro atoms. The molecular weight excluding hydrogens is 340 g/mol. The summed E-state index contributed by atoms with van der Waals surface area (Å²) >= 11 is 0. The number of hydrogen-bond acceptors (Lipinski definition) is 4. The molecule has 1 unspecified atom stereocenters. The van der Waals surface area contributed by atoms with E-state index < -0.39 is 0 Å². The smallest absolute Gasteiger partial charge is 0.253 e. The third kappa shape index (κ3) is 3.84. The predicted octanol–water partition coefficient (Wildman–Crippen LogP) is 3.06. The molecule has 6 heteroatoms. The standard InChI is InChI=1S/C21H28N4O2/c1-21(2,3)19-14-25(23-22-19)13-15-5-4-9-24(12-15)20(26)17-6-7-18-16(11-17)8-10-27-18/h6-7,11,14-15H,4-5,8-10,12-13H2,1-3H3. The highest BCUT2D eigenvalue weighted by atomic mass is 16.5. The average Bonchev–Trinajstić information content (AvgIpc) is 3.29. The summed E-state index contributed by atoms with van der Waals surface area (Å²) in [6.45, 7) is 9.56. The van der Waals surface area contributed by atoms with Gasteiger partial charge in [0.2, 0.25) is 0 Å². The predicted molar refractivity (Wildman–Crippen MR) is 103 cm³/mol. The lowest BCUT2D eigenvalue weighted by atomic mass is 9.93. The zero-order valence-electron chi connectivity index (χ0n) is 16.4. The van der Waals surface area contributed by atoms with E-state index in [-0.39, 0.29) is 11.3 Å². The Morgan fingerprint density at radius 1 is 1.33 bits per heavy atom. The van der Waals surface area contributed by atoms with Crippen LogP contribution in [0.1, 0.15) is 55.2 Å². The molecule has 2 aliphatic rings. The molecule has 1 saturated heterocycles. The first-order chi connectivity index (χ1) is 12.9. The normalized spacial score (nSPS) is 19.7. The van der Waals surface area contributed by atoms with Crippen molar-refractivity contribution < 1.29 is 9.53 Å². The Bertz CT molecular complexity index is 837. The van der Waals surface area contributed by atoms with Gasteiger partial charge in [0.15, 0.2) is 0 Å². The summed E-state index contributed by atoms with van der Waals surface area (Å²) in [6, 6.07) is 5.82. The zero-order valence-corrected chi connectivity index (χ0v) is 16.4. The Morgan fingerprint density at radius 2 is 2.19 bits per heavy atom. The van der Waals surface area contributed by atoms with E-state index in [0.717, 1.165) is 61.5 Å². The van der Waals surface area contributed by atoms with Gasteiger partial charge in [-0.3, -0.25) is 9.48 Å². The number of nitrogens with zero attached hydrogens (tertiary/aromatic N) is 4. The van der Waals surface area contributed by atoms with Crippen LogP contribution in [-0.4, -0.2) is 45.5 Å². The Kier molecular flexibility index (Phi) is 4.66. The van der Waals surface area contributed by atoms with Crippen LogP contribution in [-0.2, 0) is 18.4 Å². The monoisotopic (exact) mass is 368 g/mol. The molecule has 27 heavy (non-hydrogen) atoms. The van der Waals surface area contributed by atoms with Gasteiger partial charge in [0.25, 0.3) is 5.91 Å². The fourth-order valence-electron chi connectivity index (χ4n) is 3.90. The zero-order chi connectivity index (χ0) is 19.0. The minimum absolute atomic E-state index is 0.00407. The van der Waals surface area contributed by atoms with E-state index in [1.807, 2.05) is 34.0 Å². The van der Waals surface area contributed by atoms with E-state index in [1.165, 1.54) is 0 Å². The molecular formula is C21H28N4O2. The van der Waals surface area contributed by atoms with Gasteiger partial charge in [-0.25, -0.2) is 0 Å². The lowest BCUT2D eigenvalue weighted by Gasteiger charge is -2.32. The maximum atomic E-state index is 13.0. The maximum Gasteiger partial charge on any atom is 0.253 e. The molecule has 0 saturated carbocycles.